The third-order valence-corrected chi connectivity index (χ3v) is 5.30. The van der Waals surface area contributed by atoms with Gasteiger partial charge in [0.1, 0.15) is 0 Å². The highest BCUT2D eigenvalue weighted by Crippen LogP contribution is 2.25. The minimum Gasteiger partial charge on any atom is -0.391 e. The van der Waals surface area contributed by atoms with E-state index in [1.165, 1.54) is 10.9 Å². The number of pyridine rings is 1. The van der Waals surface area contributed by atoms with Crippen LogP contribution < -0.4 is 5.32 Å². The molecule has 4 rings (SSSR count). The highest BCUT2D eigenvalue weighted by atomic mass is 16.3. The largest absolute Gasteiger partial charge is 0.391 e. The minimum atomic E-state index is -0.335. The predicted octanol–water partition coefficient (Wildman–Crippen LogP) is 1.74. The Labute approximate surface area is 148 Å². The van der Waals surface area contributed by atoms with Crippen molar-refractivity contribution in [2.75, 3.05) is 19.6 Å². The molecule has 5 nitrogen and oxygen atoms in total. The van der Waals surface area contributed by atoms with Gasteiger partial charge in [-0.15, -0.1) is 0 Å². The molecule has 2 aliphatic rings. The van der Waals surface area contributed by atoms with Gasteiger partial charge in [-0.1, -0.05) is 18.2 Å². The van der Waals surface area contributed by atoms with E-state index < -0.39 is 0 Å². The normalized spacial score (nSPS) is 23.9. The number of para-hydroxylation sites is 1. The first-order valence-corrected chi connectivity index (χ1v) is 9.21. The number of rotatable bonds is 6. The van der Waals surface area contributed by atoms with Crippen molar-refractivity contribution in [2.24, 2.45) is 5.92 Å². The van der Waals surface area contributed by atoms with Crippen LogP contribution in [0.25, 0.3) is 10.9 Å². The fourth-order valence-corrected chi connectivity index (χ4v) is 3.73. The van der Waals surface area contributed by atoms with Gasteiger partial charge in [0.2, 0.25) is 5.91 Å². The molecule has 0 bridgehead atoms. The molecule has 1 aliphatic heterocycles. The van der Waals surface area contributed by atoms with E-state index in [0.717, 1.165) is 37.9 Å². The third kappa shape index (κ3) is 3.99. The van der Waals surface area contributed by atoms with Crippen molar-refractivity contribution in [2.45, 2.75) is 37.8 Å². The van der Waals surface area contributed by atoms with Crippen LogP contribution in [0.3, 0.4) is 0 Å². The maximum atomic E-state index is 11.8. The van der Waals surface area contributed by atoms with E-state index in [1.807, 2.05) is 24.4 Å². The molecule has 2 heterocycles. The summed E-state index contributed by atoms with van der Waals surface area (Å²) in [6.45, 7) is 2.22. The summed E-state index contributed by atoms with van der Waals surface area (Å²) < 4.78 is 0. The van der Waals surface area contributed by atoms with Crippen molar-refractivity contribution in [3.63, 3.8) is 0 Å². The molecule has 1 aliphatic carbocycles. The number of nitrogens with zero attached hydrogens (tertiary/aromatic N) is 2. The van der Waals surface area contributed by atoms with Crippen LogP contribution in [-0.2, 0) is 11.2 Å². The summed E-state index contributed by atoms with van der Waals surface area (Å²) in [6, 6.07) is 10.6. The van der Waals surface area contributed by atoms with E-state index in [4.69, 9.17) is 0 Å². The van der Waals surface area contributed by atoms with Crippen LogP contribution in [0.2, 0.25) is 0 Å². The monoisotopic (exact) mass is 339 g/mol. The van der Waals surface area contributed by atoms with Crippen LogP contribution in [0.1, 0.15) is 24.8 Å². The molecule has 1 aromatic heterocycles. The second-order valence-electron chi connectivity index (χ2n) is 7.37. The number of hydrogen-bond acceptors (Lipinski definition) is 4. The Morgan fingerprint density at radius 1 is 1.24 bits per heavy atom. The zero-order chi connectivity index (χ0) is 17.2. The first kappa shape index (κ1) is 16.5. The van der Waals surface area contributed by atoms with E-state index in [0.29, 0.717) is 19.0 Å². The van der Waals surface area contributed by atoms with Crippen LogP contribution in [0.5, 0.6) is 0 Å². The number of carbonyl (C=O) groups is 1. The molecular weight excluding hydrogens is 314 g/mol. The zero-order valence-electron chi connectivity index (χ0n) is 14.4. The van der Waals surface area contributed by atoms with Gasteiger partial charge < -0.3 is 10.4 Å². The first-order chi connectivity index (χ1) is 12.2. The lowest BCUT2D eigenvalue weighted by Gasteiger charge is -2.16. The van der Waals surface area contributed by atoms with Gasteiger partial charge >= 0.3 is 0 Å². The molecule has 132 valence electrons. The summed E-state index contributed by atoms with van der Waals surface area (Å²) in [5, 5.41) is 14.6. The molecule has 0 radical (unpaired) electrons. The number of β-amino-alcohol motifs (C(OH)–C–C–N with tert-alkyl or cyclic N) is 1. The number of carbonyl (C=O) groups excluding carboxylic acids is 1. The van der Waals surface area contributed by atoms with Crippen molar-refractivity contribution in [1.29, 1.82) is 0 Å². The summed E-state index contributed by atoms with van der Waals surface area (Å²) in [5.41, 5.74) is 2.24. The van der Waals surface area contributed by atoms with E-state index in [-0.39, 0.29) is 17.9 Å². The Kier molecular flexibility index (Phi) is 4.68. The van der Waals surface area contributed by atoms with Crippen LogP contribution in [0.15, 0.2) is 36.5 Å². The number of likely N-dealkylation sites (tertiary alicyclic amines) is 1. The van der Waals surface area contributed by atoms with Gasteiger partial charge in [-0.25, -0.2) is 0 Å². The lowest BCUT2D eigenvalue weighted by molar-refractivity contribution is -0.121. The number of fused-ring (bicyclic) bond motifs is 1. The standard InChI is InChI=1S/C20H25N3O2/c24-19-13-23(10-8-20(25)22-16-5-6-16)12-15(19)11-14-7-9-21-18-4-2-1-3-17(14)18/h1-4,7,9,15-16,19,24H,5-6,8,10-13H2,(H,22,25)/t15-,19+/m1/s1. The molecule has 5 heteroatoms. The lowest BCUT2D eigenvalue weighted by atomic mass is 9.94. The molecule has 1 saturated carbocycles. The van der Waals surface area contributed by atoms with Crippen LogP contribution in [0.4, 0.5) is 0 Å². The van der Waals surface area contributed by atoms with Crippen molar-refractivity contribution in [3.05, 3.63) is 42.1 Å². The van der Waals surface area contributed by atoms with E-state index in [1.54, 1.807) is 0 Å². The molecule has 1 saturated heterocycles. The van der Waals surface area contributed by atoms with Crippen molar-refractivity contribution >= 4 is 16.8 Å². The maximum Gasteiger partial charge on any atom is 0.221 e. The molecule has 1 aromatic carbocycles. The highest BCUT2D eigenvalue weighted by Gasteiger charge is 2.32. The number of amides is 1. The third-order valence-electron chi connectivity index (χ3n) is 5.30. The zero-order valence-corrected chi connectivity index (χ0v) is 14.4. The Bertz CT molecular complexity index is 754. The van der Waals surface area contributed by atoms with Crippen molar-refractivity contribution in [3.8, 4) is 0 Å². The Morgan fingerprint density at radius 3 is 2.92 bits per heavy atom. The van der Waals surface area contributed by atoms with Gasteiger partial charge in [0.05, 0.1) is 11.6 Å². The van der Waals surface area contributed by atoms with Gasteiger partial charge in [-0.05, 0) is 37.0 Å². The highest BCUT2D eigenvalue weighted by molar-refractivity contribution is 5.81. The summed E-state index contributed by atoms with van der Waals surface area (Å²) in [5.74, 6) is 0.345. The average Bonchev–Trinajstić information content (AvgIpc) is 3.36. The van der Waals surface area contributed by atoms with E-state index >= 15 is 0 Å². The fraction of sp³-hybridized carbons (Fsp3) is 0.500. The van der Waals surface area contributed by atoms with Crippen LogP contribution in [-0.4, -0.2) is 52.7 Å². The SMILES string of the molecule is O=C(CCN1C[C@@H](Cc2ccnc3ccccc23)[C@@H](O)C1)NC1CC1. The molecule has 2 aromatic rings. The van der Waals surface area contributed by atoms with Gasteiger partial charge in [0, 0.05) is 49.6 Å². The number of hydrogen-bond donors (Lipinski definition) is 2. The second-order valence-corrected chi connectivity index (χ2v) is 7.37. The minimum absolute atomic E-state index is 0.139. The van der Waals surface area contributed by atoms with Crippen molar-refractivity contribution in [1.82, 2.24) is 15.2 Å². The van der Waals surface area contributed by atoms with Gasteiger partial charge in [0.15, 0.2) is 0 Å². The smallest absolute Gasteiger partial charge is 0.221 e. The number of nitrogens with one attached hydrogen (secondary N) is 1. The molecule has 25 heavy (non-hydrogen) atoms. The number of benzene rings is 1. The Hall–Kier alpha value is -1.98. The molecule has 2 atom stereocenters. The number of aliphatic hydroxyl groups is 1. The Morgan fingerprint density at radius 2 is 2.08 bits per heavy atom. The number of aromatic nitrogens is 1. The summed E-state index contributed by atoms with van der Waals surface area (Å²) in [7, 11) is 0. The summed E-state index contributed by atoms with van der Waals surface area (Å²) >= 11 is 0. The summed E-state index contributed by atoms with van der Waals surface area (Å²) in [4.78, 5) is 18.5. The topological polar surface area (TPSA) is 65.5 Å². The van der Waals surface area contributed by atoms with E-state index in [9.17, 15) is 9.90 Å². The average molecular weight is 339 g/mol. The molecule has 2 fully saturated rings. The predicted molar refractivity (Wildman–Crippen MR) is 97.2 cm³/mol. The number of aliphatic hydroxyl groups excluding tert-OH is 1. The van der Waals surface area contributed by atoms with Gasteiger partial charge in [0.25, 0.3) is 0 Å². The molecule has 1 amide bonds. The van der Waals surface area contributed by atoms with Gasteiger partial charge in [-0.2, -0.15) is 0 Å². The molecule has 0 spiro atoms. The molecule has 2 N–H and O–H groups in total. The second kappa shape index (κ2) is 7.10. The molecule has 0 unspecified atom stereocenters. The fourth-order valence-electron chi connectivity index (χ4n) is 3.73. The molecular formula is C20H25N3O2. The Balaban J connectivity index is 1.35. The summed E-state index contributed by atoms with van der Waals surface area (Å²) in [6.07, 6.45) is 5.12. The van der Waals surface area contributed by atoms with E-state index in [2.05, 4.69) is 27.3 Å². The van der Waals surface area contributed by atoms with Crippen LogP contribution >= 0.6 is 0 Å². The van der Waals surface area contributed by atoms with Crippen molar-refractivity contribution < 1.29 is 9.90 Å². The quantitative estimate of drug-likeness (QED) is 0.841. The first-order valence-electron chi connectivity index (χ1n) is 9.21. The maximum absolute atomic E-state index is 11.8. The van der Waals surface area contributed by atoms with Gasteiger partial charge in [-0.3, -0.25) is 14.7 Å². The van der Waals surface area contributed by atoms with Crippen LogP contribution in [0, 0.1) is 5.92 Å². The lowest BCUT2D eigenvalue weighted by Crippen LogP contribution is -2.31.